The zero-order chi connectivity index (χ0) is 23.4. The van der Waals surface area contributed by atoms with E-state index in [1.54, 1.807) is 47.0 Å². The number of amides is 2. The number of anilines is 2. The summed E-state index contributed by atoms with van der Waals surface area (Å²) in [6.45, 7) is 0.217. The number of halogens is 2. The van der Waals surface area contributed by atoms with Crippen molar-refractivity contribution < 1.29 is 14.0 Å². The van der Waals surface area contributed by atoms with Crippen molar-refractivity contribution in [2.24, 2.45) is 11.7 Å². The second-order valence-corrected chi connectivity index (χ2v) is 7.75. The van der Waals surface area contributed by atoms with E-state index in [0.717, 1.165) is 0 Å². The van der Waals surface area contributed by atoms with Crippen LogP contribution in [0.3, 0.4) is 0 Å². The minimum atomic E-state index is -0.531. The first-order chi connectivity index (χ1) is 16.0. The van der Waals surface area contributed by atoms with Crippen LogP contribution >= 0.6 is 11.6 Å². The molecule has 0 saturated carbocycles. The van der Waals surface area contributed by atoms with Gasteiger partial charge >= 0.3 is 0 Å². The quantitative estimate of drug-likeness (QED) is 0.340. The molecule has 3 aromatic carbocycles. The van der Waals surface area contributed by atoms with Crippen molar-refractivity contribution in [2.45, 2.75) is 0 Å². The van der Waals surface area contributed by atoms with Crippen molar-refractivity contribution in [3.05, 3.63) is 84.4 Å². The maximum absolute atomic E-state index is 14.7. The molecule has 9 heteroatoms. The van der Waals surface area contributed by atoms with Crippen LogP contribution in [0.2, 0.25) is 0 Å². The molecule has 0 spiro atoms. The first kappa shape index (κ1) is 22.3. The molecule has 168 valence electrons. The molecule has 33 heavy (non-hydrogen) atoms. The molecule has 0 radical (unpaired) electrons. The Labute approximate surface area is 194 Å². The van der Waals surface area contributed by atoms with E-state index in [1.807, 2.05) is 18.2 Å². The molecular formula is C24H21ClFN5O2. The summed E-state index contributed by atoms with van der Waals surface area (Å²) in [6.07, 6.45) is 1.51. The number of benzene rings is 3. The van der Waals surface area contributed by atoms with Gasteiger partial charge in [-0.1, -0.05) is 18.2 Å². The highest BCUT2D eigenvalue weighted by atomic mass is 35.5. The van der Waals surface area contributed by atoms with E-state index in [4.69, 9.17) is 17.3 Å². The molecule has 0 saturated heterocycles. The summed E-state index contributed by atoms with van der Waals surface area (Å²) in [7, 11) is 0. The number of primary amides is 1. The number of imidazole rings is 1. The third kappa shape index (κ3) is 4.96. The lowest BCUT2D eigenvalue weighted by molar-refractivity contribution is -0.118. The molecule has 0 bridgehead atoms. The number of carbonyl (C=O) groups excluding carboxylic acids is 2. The van der Waals surface area contributed by atoms with Crippen LogP contribution in [0, 0.1) is 11.7 Å². The van der Waals surface area contributed by atoms with Gasteiger partial charge in [-0.15, -0.1) is 11.6 Å². The molecule has 4 aromatic rings. The summed E-state index contributed by atoms with van der Waals surface area (Å²) >= 11 is 6.02. The normalized spacial score (nSPS) is 11.8. The Morgan fingerprint density at radius 2 is 1.79 bits per heavy atom. The number of nitrogens with one attached hydrogen (secondary N) is 2. The Morgan fingerprint density at radius 3 is 2.45 bits per heavy atom. The predicted octanol–water partition coefficient (Wildman–Crippen LogP) is 4.17. The number of rotatable bonds is 8. The molecule has 1 aromatic heterocycles. The number of para-hydroxylation sites is 1. The number of hydrogen-bond acceptors (Lipinski definition) is 4. The number of fused-ring (bicyclic) bond motifs is 1. The number of carbonyl (C=O) groups is 2. The van der Waals surface area contributed by atoms with Gasteiger partial charge in [0, 0.05) is 35.1 Å². The summed E-state index contributed by atoms with van der Waals surface area (Å²) in [4.78, 5) is 28.0. The second kappa shape index (κ2) is 9.70. The summed E-state index contributed by atoms with van der Waals surface area (Å²) in [5, 5.41) is 5.92. The van der Waals surface area contributed by atoms with E-state index in [0.29, 0.717) is 28.1 Å². The number of nitrogens with zero attached hydrogens (tertiary/aromatic N) is 2. The molecule has 1 atom stereocenters. The number of aromatic nitrogens is 2. The van der Waals surface area contributed by atoms with Crippen LogP contribution in [0.15, 0.2) is 73.1 Å². The fourth-order valence-corrected chi connectivity index (χ4v) is 3.64. The highest BCUT2D eigenvalue weighted by molar-refractivity contribution is 6.19. The van der Waals surface area contributed by atoms with E-state index >= 15 is 0 Å². The summed E-state index contributed by atoms with van der Waals surface area (Å²) in [5.41, 5.74) is 8.25. The van der Waals surface area contributed by atoms with Crippen molar-refractivity contribution in [2.75, 3.05) is 23.1 Å². The van der Waals surface area contributed by atoms with Gasteiger partial charge in [-0.3, -0.25) is 14.2 Å². The maximum Gasteiger partial charge on any atom is 0.248 e. The Balaban J connectivity index is 1.53. The van der Waals surface area contributed by atoms with Crippen LogP contribution in [0.1, 0.15) is 10.4 Å². The van der Waals surface area contributed by atoms with Gasteiger partial charge in [-0.05, 0) is 48.5 Å². The second-order valence-electron chi connectivity index (χ2n) is 7.44. The summed E-state index contributed by atoms with van der Waals surface area (Å²) in [5.74, 6) is -1.69. The van der Waals surface area contributed by atoms with Crippen LogP contribution in [-0.2, 0) is 4.79 Å². The molecule has 1 unspecified atom stereocenters. The van der Waals surface area contributed by atoms with Crippen LogP contribution < -0.4 is 16.4 Å². The fourth-order valence-electron chi connectivity index (χ4n) is 3.39. The SMILES string of the molecule is NC(=O)c1ccc(-n2cnc3c(F)cc(NCC(CCl)C(=O)Nc4ccccc4)cc32)cc1. The average molecular weight is 466 g/mol. The van der Waals surface area contributed by atoms with Gasteiger partial charge < -0.3 is 16.4 Å². The molecule has 4 rings (SSSR count). The highest BCUT2D eigenvalue weighted by Gasteiger charge is 2.18. The zero-order valence-electron chi connectivity index (χ0n) is 17.5. The van der Waals surface area contributed by atoms with E-state index in [-0.39, 0.29) is 23.8 Å². The first-order valence-corrected chi connectivity index (χ1v) is 10.7. The lowest BCUT2D eigenvalue weighted by Gasteiger charge is -2.16. The van der Waals surface area contributed by atoms with Gasteiger partial charge in [0.1, 0.15) is 11.8 Å². The molecule has 0 aliphatic carbocycles. The Hall–Kier alpha value is -3.91. The molecular weight excluding hydrogens is 445 g/mol. The van der Waals surface area contributed by atoms with Gasteiger partial charge in [0.15, 0.2) is 5.82 Å². The van der Waals surface area contributed by atoms with Crippen LogP contribution in [0.4, 0.5) is 15.8 Å². The van der Waals surface area contributed by atoms with Crippen LogP contribution in [0.25, 0.3) is 16.7 Å². The lowest BCUT2D eigenvalue weighted by Crippen LogP contribution is -2.30. The lowest BCUT2D eigenvalue weighted by atomic mass is 10.1. The number of hydrogen-bond donors (Lipinski definition) is 3. The van der Waals surface area contributed by atoms with E-state index in [1.165, 1.54) is 12.4 Å². The van der Waals surface area contributed by atoms with Gasteiger partial charge in [0.25, 0.3) is 0 Å². The van der Waals surface area contributed by atoms with Gasteiger partial charge in [0.05, 0.1) is 11.4 Å². The van der Waals surface area contributed by atoms with E-state index < -0.39 is 17.6 Å². The molecule has 7 nitrogen and oxygen atoms in total. The van der Waals surface area contributed by atoms with Crippen LogP contribution in [-0.4, -0.2) is 33.8 Å². The monoisotopic (exact) mass is 465 g/mol. The van der Waals surface area contributed by atoms with Crippen molar-refractivity contribution in [3.8, 4) is 5.69 Å². The van der Waals surface area contributed by atoms with E-state index in [2.05, 4.69) is 15.6 Å². The van der Waals surface area contributed by atoms with Crippen molar-refractivity contribution in [1.82, 2.24) is 9.55 Å². The first-order valence-electron chi connectivity index (χ1n) is 10.2. The minimum Gasteiger partial charge on any atom is -0.384 e. The van der Waals surface area contributed by atoms with E-state index in [9.17, 15) is 14.0 Å². The fraction of sp³-hybridized carbons (Fsp3) is 0.125. The topological polar surface area (TPSA) is 102 Å². The summed E-state index contributed by atoms with van der Waals surface area (Å²) in [6, 6.07) is 18.8. The Kier molecular flexibility index (Phi) is 6.55. The number of alkyl halides is 1. The van der Waals surface area contributed by atoms with Gasteiger partial charge in [0.2, 0.25) is 11.8 Å². The minimum absolute atomic E-state index is 0.0978. The van der Waals surface area contributed by atoms with Gasteiger partial charge in [-0.25, -0.2) is 9.37 Å². The molecule has 0 fully saturated rings. The smallest absolute Gasteiger partial charge is 0.248 e. The third-order valence-corrected chi connectivity index (χ3v) is 5.56. The average Bonchev–Trinajstić information content (AvgIpc) is 3.25. The van der Waals surface area contributed by atoms with Gasteiger partial charge in [-0.2, -0.15) is 0 Å². The largest absolute Gasteiger partial charge is 0.384 e. The highest BCUT2D eigenvalue weighted by Crippen LogP contribution is 2.25. The van der Waals surface area contributed by atoms with Crippen LogP contribution in [0.5, 0.6) is 0 Å². The standard InChI is InChI=1S/C24H21ClFN5O2/c25-12-16(24(33)30-17-4-2-1-3-5-17)13-28-18-10-20(26)22-21(11-18)31(14-29-22)19-8-6-15(7-9-19)23(27)32/h1-11,14,16,28H,12-13H2,(H2,27,32)(H,30,33). The third-order valence-electron chi connectivity index (χ3n) is 5.19. The molecule has 0 aliphatic rings. The Morgan fingerprint density at radius 1 is 1.06 bits per heavy atom. The summed E-state index contributed by atoms with van der Waals surface area (Å²) < 4.78 is 16.4. The molecule has 1 heterocycles. The van der Waals surface area contributed by atoms with Crippen molar-refractivity contribution in [3.63, 3.8) is 0 Å². The predicted molar refractivity (Wildman–Crippen MR) is 127 cm³/mol. The van der Waals surface area contributed by atoms with Crippen molar-refractivity contribution >= 4 is 45.8 Å². The molecule has 4 N–H and O–H groups in total. The maximum atomic E-state index is 14.7. The Bertz CT molecular complexity index is 1290. The molecule has 0 aliphatic heterocycles. The number of nitrogens with two attached hydrogens (primary N) is 1. The zero-order valence-corrected chi connectivity index (χ0v) is 18.2. The van der Waals surface area contributed by atoms with Crippen molar-refractivity contribution in [1.29, 1.82) is 0 Å². The molecule has 2 amide bonds.